The summed E-state index contributed by atoms with van der Waals surface area (Å²) in [5, 5.41) is 3.69. The minimum absolute atomic E-state index is 0.506. The first-order valence-corrected chi connectivity index (χ1v) is 8.56. The molecule has 1 aromatic heterocycles. The number of hydrogen-bond donors (Lipinski definition) is 1. The van der Waals surface area contributed by atoms with Crippen LogP contribution in [0.4, 0.5) is 0 Å². The summed E-state index contributed by atoms with van der Waals surface area (Å²) in [6, 6.07) is 4.36. The Bertz CT molecular complexity index is 411. The van der Waals surface area contributed by atoms with Gasteiger partial charge >= 0.3 is 0 Å². The second-order valence-corrected chi connectivity index (χ2v) is 8.04. The molecule has 2 unspecified atom stereocenters. The van der Waals surface area contributed by atoms with E-state index >= 15 is 0 Å². The first-order chi connectivity index (χ1) is 9.96. The Hall–Kier alpha value is -0.890. The van der Waals surface area contributed by atoms with E-state index in [-0.39, 0.29) is 0 Å². The zero-order valence-electron chi connectivity index (χ0n) is 14.2. The lowest BCUT2D eigenvalue weighted by Gasteiger charge is -2.41. The molecule has 0 bridgehead atoms. The van der Waals surface area contributed by atoms with Gasteiger partial charge in [0.25, 0.3) is 0 Å². The fraction of sp³-hybridized carbons (Fsp3) is 0.737. The van der Waals surface area contributed by atoms with Gasteiger partial charge in [0.2, 0.25) is 0 Å². The molecule has 1 aromatic rings. The summed E-state index contributed by atoms with van der Waals surface area (Å²) in [4.78, 5) is 4.14. The van der Waals surface area contributed by atoms with E-state index in [0.29, 0.717) is 5.41 Å². The van der Waals surface area contributed by atoms with Crippen molar-refractivity contribution in [2.24, 2.45) is 23.2 Å². The van der Waals surface area contributed by atoms with Gasteiger partial charge in [-0.05, 0) is 79.6 Å². The van der Waals surface area contributed by atoms with Crippen LogP contribution in [0.1, 0.15) is 52.5 Å². The summed E-state index contributed by atoms with van der Waals surface area (Å²) in [7, 11) is 0. The van der Waals surface area contributed by atoms with Gasteiger partial charge in [-0.3, -0.25) is 4.98 Å². The Morgan fingerprint density at radius 1 is 1.24 bits per heavy atom. The lowest BCUT2D eigenvalue weighted by molar-refractivity contribution is 0.115. The van der Waals surface area contributed by atoms with E-state index in [9.17, 15) is 0 Å². The summed E-state index contributed by atoms with van der Waals surface area (Å²) < 4.78 is 0. The minimum Gasteiger partial charge on any atom is -0.316 e. The molecule has 1 aliphatic rings. The molecule has 2 nitrogen and oxygen atoms in total. The van der Waals surface area contributed by atoms with Crippen molar-refractivity contribution < 1.29 is 0 Å². The standard InChI is InChI=1S/C19H32N2/c1-15(2)13-21-14-17-5-8-19(3,4)12-18(17)11-16-6-9-20-10-7-16/h6-7,9-10,15,17-18,21H,5,8,11-14H2,1-4H3. The van der Waals surface area contributed by atoms with Crippen LogP contribution in [0.5, 0.6) is 0 Å². The summed E-state index contributed by atoms with van der Waals surface area (Å²) >= 11 is 0. The summed E-state index contributed by atoms with van der Waals surface area (Å²) in [6.45, 7) is 11.8. The van der Waals surface area contributed by atoms with Crippen LogP contribution in [0.15, 0.2) is 24.5 Å². The maximum atomic E-state index is 4.14. The molecule has 1 saturated carbocycles. The van der Waals surface area contributed by atoms with Crippen molar-refractivity contribution in [2.75, 3.05) is 13.1 Å². The second kappa shape index (κ2) is 7.40. The van der Waals surface area contributed by atoms with Crippen LogP contribution >= 0.6 is 0 Å². The van der Waals surface area contributed by atoms with E-state index in [2.05, 4.69) is 50.1 Å². The molecule has 2 rings (SSSR count). The number of rotatable bonds is 6. The fourth-order valence-electron chi connectivity index (χ4n) is 3.68. The third-order valence-corrected chi connectivity index (χ3v) is 4.88. The van der Waals surface area contributed by atoms with E-state index in [1.54, 1.807) is 0 Å². The molecule has 1 aliphatic carbocycles. The Morgan fingerprint density at radius 2 is 1.95 bits per heavy atom. The zero-order chi connectivity index (χ0) is 15.3. The predicted molar refractivity (Wildman–Crippen MR) is 90.3 cm³/mol. The van der Waals surface area contributed by atoms with Gasteiger partial charge in [-0.15, -0.1) is 0 Å². The van der Waals surface area contributed by atoms with Crippen LogP contribution in [-0.2, 0) is 6.42 Å². The molecule has 1 fully saturated rings. The quantitative estimate of drug-likeness (QED) is 0.843. The van der Waals surface area contributed by atoms with Crippen LogP contribution in [0.2, 0.25) is 0 Å². The molecule has 2 atom stereocenters. The van der Waals surface area contributed by atoms with E-state index in [1.807, 2.05) is 12.4 Å². The fourth-order valence-corrected chi connectivity index (χ4v) is 3.68. The number of nitrogens with one attached hydrogen (secondary N) is 1. The summed E-state index contributed by atoms with van der Waals surface area (Å²) in [6.07, 6.45) is 9.15. The first kappa shape index (κ1) is 16.5. The largest absolute Gasteiger partial charge is 0.316 e. The molecule has 0 amide bonds. The maximum absolute atomic E-state index is 4.14. The molecule has 1 heterocycles. The first-order valence-electron chi connectivity index (χ1n) is 8.56. The normalized spacial score (nSPS) is 25.2. The number of aromatic nitrogens is 1. The van der Waals surface area contributed by atoms with Crippen LogP contribution in [0, 0.1) is 23.2 Å². The van der Waals surface area contributed by atoms with Crippen molar-refractivity contribution in [3.63, 3.8) is 0 Å². The molecular weight excluding hydrogens is 256 g/mol. The predicted octanol–water partition coefficient (Wildman–Crippen LogP) is 4.31. The maximum Gasteiger partial charge on any atom is 0.0270 e. The number of nitrogens with zero attached hydrogens (tertiary/aromatic N) is 1. The third-order valence-electron chi connectivity index (χ3n) is 4.88. The van der Waals surface area contributed by atoms with Crippen LogP contribution in [0.3, 0.4) is 0 Å². The lowest BCUT2D eigenvalue weighted by atomic mass is 9.65. The molecule has 2 heteroatoms. The van der Waals surface area contributed by atoms with E-state index in [4.69, 9.17) is 0 Å². The number of pyridine rings is 1. The van der Waals surface area contributed by atoms with Gasteiger partial charge < -0.3 is 5.32 Å². The zero-order valence-corrected chi connectivity index (χ0v) is 14.2. The average Bonchev–Trinajstić information content (AvgIpc) is 2.41. The second-order valence-electron chi connectivity index (χ2n) is 8.04. The minimum atomic E-state index is 0.506. The van der Waals surface area contributed by atoms with Crippen molar-refractivity contribution in [2.45, 2.75) is 53.4 Å². The smallest absolute Gasteiger partial charge is 0.0270 e. The monoisotopic (exact) mass is 288 g/mol. The van der Waals surface area contributed by atoms with Gasteiger partial charge in [0.1, 0.15) is 0 Å². The highest BCUT2D eigenvalue weighted by molar-refractivity contribution is 5.11. The van der Waals surface area contributed by atoms with Crippen molar-refractivity contribution in [1.29, 1.82) is 0 Å². The van der Waals surface area contributed by atoms with Gasteiger partial charge in [-0.25, -0.2) is 0 Å². The van der Waals surface area contributed by atoms with Gasteiger partial charge in [-0.1, -0.05) is 27.7 Å². The molecule has 118 valence electrons. The van der Waals surface area contributed by atoms with Crippen molar-refractivity contribution >= 4 is 0 Å². The molecule has 0 saturated heterocycles. The Morgan fingerprint density at radius 3 is 2.62 bits per heavy atom. The molecule has 0 aliphatic heterocycles. The van der Waals surface area contributed by atoms with E-state index < -0.39 is 0 Å². The topological polar surface area (TPSA) is 24.9 Å². The third kappa shape index (κ3) is 5.43. The van der Waals surface area contributed by atoms with E-state index in [0.717, 1.165) is 24.3 Å². The highest BCUT2D eigenvalue weighted by Gasteiger charge is 2.34. The molecule has 21 heavy (non-hydrogen) atoms. The van der Waals surface area contributed by atoms with Crippen molar-refractivity contribution in [3.8, 4) is 0 Å². The Kier molecular flexibility index (Phi) is 5.80. The van der Waals surface area contributed by atoms with Gasteiger partial charge in [0.15, 0.2) is 0 Å². The van der Waals surface area contributed by atoms with E-state index in [1.165, 1.54) is 37.8 Å². The van der Waals surface area contributed by atoms with Crippen molar-refractivity contribution in [1.82, 2.24) is 10.3 Å². The van der Waals surface area contributed by atoms with Crippen LogP contribution in [-0.4, -0.2) is 18.1 Å². The number of hydrogen-bond acceptors (Lipinski definition) is 2. The average molecular weight is 288 g/mol. The van der Waals surface area contributed by atoms with Gasteiger partial charge in [-0.2, -0.15) is 0 Å². The van der Waals surface area contributed by atoms with Crippen molar-refractivity contribution in [3.05, 3.63) is 30.1 Å². The molecule has 0 radical (unpaired) electrons. The molecule has 0 spiro atoms. The molecule has 1 N–H and O–H groups in total. The SMILES string of the molecule is CC(C)CNCC1CCC(C)(C)CC1Cc1ccncc1. The lowest BCUT2D eigenvalue weighted by Crippen LogP contribution is -2.37. The summed E-state index contributed by atoms with van der Waals surface area (Å²) in [5.41, 5.74) is 1.95. The highest BCUT2D eigenvalue weighted by Crippen LogP contribution is 2.42. The highest BCUT2D eigenvalue weighted by atomic mass is 14.9. The summed E-state index contributed by atoms with van der Waals surface area (Å²) in [5.74, 6) is 2.37. The van der Waals surface area contributed by atoms with Crippen LogP contribution in [0.25, 0.3) is 0 Å². The Balaban J connectivity index is 1.96. The molecular formula is C19H32N2. The van der Waals surface area contributed by atoms with Gasteiger partial charge in [0, 0.05) is 12.4 Å². The van der Waals surface area contributed by atoms with Gasteiger partial charge in [0.05, 0.1) is 0 Å². The van der Waals surface area contributed by atoms with Crippen LogP contribution < -0.4 is 5.32 Å². The Labute approximate surface area is 130 Å². The molecule has 0 aromatic carbocycles.